The molecule has 4 atom stereocenters. The van der Waals surface area contributed by atoms with Crippen LogP contribution in [0.5, 0.6) is 5.75 Å². The number of rotatable bonds is 7. The maximum atomic E-state index is 14.4. The van der Waals surface area contributed by atoms with Gasteiger partial charge in [0.2, 0.25) is 5.91 Å². The lowest BCUT2D eigenvalue weighted by Gasteiger charge is -2.36. The molecule has 258 valence electrons. The van der Waals surface area contributed by atoms with Crippen LogP contribution in [-0.2, 0) is 9.53 Å². The molecule has 3 aliphatic rings. The van der Waals surface area contributed by atoms with E-state index in [9.17, 15) is 19.5 Å². The lowest BCUT2D eigenvalue weighted by Crippen LogP contribution is -2.48. The lowest BCUT2D eigenvalue weighted by atomic mass is 9.88. The van der Waals surface area contributed by atoms with E-state index in [1.807, 2.05) is 32.7 Å². The third-order valence-corrected chi connectivity index (χ3v) is 10.0. The number of benzene rings is 1. The summed E-state index contributed by atoms with van der Waals surface area (Å²) in [7, 11) is 1.87. The summed E-state index contributed by atoms with van der Waals surface area (Å²) in [6.07, 6.45) is 12.8. The van der Waals surface area contributed by atoms with Crippen LogP contribution in [0, 0.1) is 11.8 Å². The first-order valence-corrected chi connectivity index (χ1v) is 17.8. The average Bonchev–Trinajstić information content (AvgIpc) is 3.06. The van der Waals surface area contributed by atoms with Crippen molar-refractivity contribution in [2.24, 2.45) is 11.8 Å². The van der Waals surface area contributed by atoms with Crippen molar-refractivity contribution in [1.29, 1.82) is 0 Å². The van der Waals surface area contributed by atoms with Gasteiger partial charge in [0.15, 0.2) is 0 Å². The van der Waals surface area contributed by atoms with E-state index in [1.165, 1.54) is 12.8 Å². The summed E-state index contributed by atoms with van der Waals surface area (Å²) in [4.78, 5) is 44.1. The highest BCUT2D eigenvalue weighted by Gasteiger charge is 2.32. The van der Waals surface area contributed by atoms with Crippen molar-refractivity contribution < 1.29 is 29.0 Å². The number of urea groups is 1. The zero-order valence-corrected chi connectivity index (χ0v) is 28.6. The predicted molar refractivity (Wildman–Crippen MR) is 180 cm³/mol. The molecule has 3 N–H and O–H groups in total. The molecule has 46 heavy (non-hydrogen) atoms. The van der Waals surface area contributed by atoms with E-state index in [0.717, 1.165) is 70.6 Å². The summed E-state index contributed by atoms with van der Waals surface area (Å²) in [5, 5.41) is 16.2. The molecular formula is C36H58N4O6. The summed E-state index contributed by atoms with van der Waals surface area (Å²) in [6, 6.07) is 4.62. The minimum absolute atomic E-state index is 0.0746. The summed E-state index contributed by atoms with van der Waals surface area (Å²) in [6.45, 7) is 7.00. The molecule has 0 saturated heterocycles. The zero-order chi connectivity index (χ0) is 33.1. The fraction of sp³-hybridized carbons (Fsp3) is 0.750. The molecular weight excluding hydrogens is 584 g/mol. The van der Waals surface area contributed by atoms with E-state index < -0.39 is 6.04 Å². The van der Waals surface area contributed by atoms with Crippen molar-refractivity contribution in [2.45, 2.75) is 129 Å². The summed E-state index contributed by atoms with van der Waals surface area (Å²) in [5.74, 6) is 0.313. The third-order valence-electron chi connectivity index (χ3n) is 10.0. The number of likely N-dealkylation sites (N-methyl/N-ethyl adjacent to an activating group) is 1. The number of fused-ring (bicyclic) bond motifs is 1. The largest absolute Gasteiger partial charge is 0.490 e. The molecule has 2 fully saturated rings. The smallest absolute Gasteiger partial charge is 0.319 e. The number of carbonyl (C=O) groups excluding carboxylic acids is 3. The predicted octanol–water partition coefficient (Wildman–Crippen LogP) is 5.98. The Bertz CT molecular complexity index is 1140. The van der Waals surface area contributed by atoms with Crippen LogP contribution in [0.25, 0.3) is 0 Å². The van der Waals surface area contributed by atoms with Crippen molar-refractivity contribution in [3.8, 4) is 5.75 Å². The fourth-order valence-corrected chi connectivity index (χ4v) is 7.08. The van der Waals surface area contributed by atoms with Gasteiger partial charge in [-0.2, -0.15) is 0 Å². The first-order valence-electron chi connectivity index (χ1n) is 17.8. The van der Waals surface area contributed by atoms with Gasteiger partial charge in [-0.05, 0) is 77.0 Å². The Hall–Kier alpha value is -2.85. The molecule has 2 aliphatic carbocycles. The van der Waals surface area contributed by atoms with Gasteiger partial charge >= 0.3 is 6.03 Å². The average molecular weight is 643 g/mol. The SMILES string of the molecule is C[C@@H]1CN([C@H](C)CO)C(=O)c2cc(NC(=O)NC3CCCCC3)ccc2O[C@@H](C)CCCCO[C@H]1CN(C)C(=O)C1CCCCC1. The van der Waals surface area contributed by atoms with Crippen molar-refractivity contribution in [2.75, 3.05) is 38.7 Å². The second-order valence-electron chi connectivity index (χ2n) is 14.0. The number of anilines is 1. The van der Waals surface area contributed by atoms with Gasteiger partial charge in [0.1, 0.15) is 5.75 Å². The molecule has 1 aromatic rings. The number of aliphatic hydroxyl groups excluding tert-OH is 1. The Morgan fingerprint density at radius 1 is 1.00 bits per heavy atom. The number of nitrogens with zero attached hydrogens (tertiary/aromatic N) is 2. The quantitative estimate of drug-likeness (QED) is 0.337. The van der Waals surface area contributed by atoms with Gasteiger partial charge in [0.05, 0.1) is 30.4 Å². The fourth-order valence-electron chi connectivity index (χ4n) is 7.08. The summed E-state index contributed by atoms with van der Waals surface area (Å²) >= 11 is 0. The normalized spacial score (nSPS) is 25.0. The second-order valence-corrected chi connectivity index (χ2v) is 14.0. The number of hydrogen-bond donors (Lipinski definition) is 3. The van der Waals surface area contributed by atoms with E-state index in [0.29, 0.717) is 36.7 Å². The van der Waals surface area contributed by atoms with Crippen molar-refractivity contribution >= 4 is 23.5 Å². The van der Waals surface area contributed by atoms with Crippen molar-refractivity contribution in [1.82, 2.24) is 15.1 Å². The molecule has 0 radical (unpaired) electrons. The Balaban J connectivity index is 1.56. The molecule has 0 aromatic heterocycles. The number of aliphatic hydroxyl groups is 1. The standard InChI is InChI=1S/C36H58N4O6/c1-25-22-40(26(2)24-41)35(43)31-21-30(38-36(44)37-29-16-9-6-10-17-29)18-19-32(31)46-27(3)13-11-12-20-45-33(25)23-39(4)34(42)28-14-7-5-8-15-28/h18-19,21,25-29,33,41H,5-17,20,22-24H2,1-4H3,(H2,37,38,44)/t25-,26-,27+,33+/m1/s1. The van der Waals surface area contributed by atoms with Gasteiger partial charge in [-0.15, -0.1) is 0 Å². The molecule has 2 saturated carbocycles. The first-order chi connectivity index (χ1) is 22.2. The maximum Gasteiger partial charge on any atom is 0.319 e. The zero-order valence-electron chi connectivity index (χ0n) is 28.6. The number of amides is 4. The first kappa shape index (κ1) is 36.0. The van der Waals surface area contributed by atoms with Crippen LogP contribution in [0.15, 0.2) is 18.2 Å². The molecule has 10 nitrogen and oxygen atoms in total. The minimum Gasteiger partial charge on any atom is -0.490 e. The van der Waals surface area contributed by atoms with Crippen LogP contribution in [0.4, 0.5) is 10.5 Å². The van der Waals surface area contributed by atoms with Gasteiger partial charge in [-0.1, -0.05) is 45.4 Å². The highest BCUT2D eigenvalue weighted by molar-refractivity contribution is 5.99. The van der Waals surface area contributed by atoms with Gasteiger partial charge < -0.3 is 35.0 Å². The Morgan fingerprint density at radius 3 is 2.37 bits per heavy atom. The van der Waals surface area contributed by atoms with Crippen LogP contribution < -0.4 is 15.4 Å². The molecule has 1 aliphatic heterocycles. The van der Waals surface area contributed by atoms with Crippen molar-refractivity contribution in [3.63, 3.8) is 0 Å². The molecule has 10 heteroatoms. The van der Waals surface area contributed by atoms with Crippen LogP contribution in [0.3, 0.4) is 0 Å². The van der Waals surface area contributed by atoms with Gasteiger partial charge in [-0.25, -0.2) is 4.79 Å². The van der Waals surface area contributed by atoms with Crippen LogP contribution in [0.1, 0.15) is 115 Å². The molecule has 4 amide bonds. The third kappa shape index (κ3) is 10.3. The highest BCUT2D eigenvalue weighted by Crippen LogP contribution is 2.29. The molecule has 1 aromatic carbocycles. The number of ether oxygens (including phenoxy) is 2. The van der Waals surface area contributed by atoms with E-state index in [2.05, 4.69) is 10.6 Å². The molecule has 0 unspecified atom stereocenters. The topological polar surface area (TPSA) is 120 Å². The highest BCUT2D eigenvalue weighted by atomic mass is 16.5. The number of hydrogen-bond acceptors (Lipinski definition) is 6. The van der Waals surface area contributed by atoms with Crippen LogP contribution in [0.2, 0.25) is 0 Å². The summed E-state index contributed by atoms with van der Waals surface area (Å²) in [5.41, 5.74) is 0.848. The van der Waals surface area contributed by atoms with Crippen LogP contribution >= 0.6 is 0 Å². The van der Waals surface area contributed by atoms with Crippen molar-refractivity contribution in [3.05, 3.63) is 23.8 Å². The van der Waals surface area contributed by atoms with E-state index >= 15 is 0 Å². The molecule has 0 bridgehead atoms. The van der Waals surface area contributed by atoms with E-state index in [1.54, 1.807) is 23.1 Å². The molecule has 0 spiro atoms. The van der Waals surface area contributed by atoms with Gasteiger partial charge in [0, 0.05) is 50.3 Å². The Labute approximate surface area is 275 Å². The number of carbonyl (C=O) groups is 3. The van der Waals surface area contributed by atoms with Gasteiger partial charge in [0.25, 0.3) is 5.91 Å². The Kier molecular flexibility index (Phi) is 14.0. The number of nitrogens with one attached hydrogen (secondary N) is 2. The second kappa shape index (κ2) is 17.9. The molecule has 4 rings (SSSR count). The van der Waals surface area contributed by atoms with Gasteiger partial charge in [-0.3, -0.25) is 9.59 Å². The lowest BCUT2D eigenvalue weighted by molar-refractivity contribution is -0.137. The molecule has 1 heterocycles. The maximum absolute atomic E-state index is 14.4. The van der Waals surface area contributed by atoms with Crippen LogP contribution in [-0.4, -0.2) is 90.4 Å². The summed E-state index contributed by atoms with van der Waals surface area (Å²) < 4.78 is 12.8. The monoisotopic (exact) mass is 642 g/mol. The minimum atomic E-state index is -0.471. The Morgan fingerprint density at radius 2 is 1.67 bits per heavy atom. The van der Waals surface area contributed by atoms with E-state index in [4.69, 9.17) is 9.47 Å². The van der Waals surface area contributed by atoms with E-state index in [-0.39, 0.29) is 54.5 Å².